The predicted molar refractivity (Wildman–Crippen MR) is 77.7 cm³/mol. The van der Waals surface area contributed by atoms with Crippen molar-refractivity contribution in [3.63, 3.8) is 0 Å². The molecule has 1 rings (SSSR count). The molecule has 0 spiro atoms. The Hall–Kier alpha value is -1.44. The number of allylic oxidation sites excluding steroid dienone is 2. The molecule has 0 bridgehead atoms. The van der Waals surface area contributed by atoms with E-state index >= 15 is 0 Å². The lowest BCUT2D eigenvalue weighted by molar-refractivity contribution is -0.114. The molecule has 0 radical (unpaired) electrons. The van der Waals surface area contributed by atoms with Gasteiger partial charge in [-0.15, -0.1) is 0 Å². The van der Waals surface area contributed by atoms with Gasteiger partial charge >= 0.3 is 0 Å². The maximum atomic E-state index is 13.3. The monoisotopic (exact) mass is 262 g/mol. The second kappa shape index (κ2) is 7.22. The molecule has 0 aromatic heterocycles. The number of hydrogen-bond acceptors (Lipinski definition) is 1. The minimum Gasteiger partial charge on any atom is -0.295 e. The molecule has 0 saturated heterocycles. The first kappa shape index (κ1) is 15.6. The van der Waals surface area contributed by atoms with Gasteiger partial charge in [0.1, 0.15) is 5.82 Å². The van der Waals surface area contributed by atoms with Crippen LogP contribution in [0.5, 0.6) is 0 Å². The van der Waals surface area contributed by atoms with Crippen LogP contribution in [-0.4, -0.2) is 5.78 Å². The Morgan fingerprint density at radius 3 is 2.58 bits per heavy atom. The fourth-order valence-electron chi connectivity index (χ4n) is 1.99. The molecule has 0 fully saturated rings. The summed E-state index contributed by atoms with van der Waals surface area (Å²) in [4.78, 5) is 11.6. The fourth-order valence-corrected chi connectivity index (χ4v) is 1.99. The molecule has 0 aliphatic rings. The third-order valence-corrected chi connectivity index (χ3v) is 3.57. The maximum Gasteiger partial charge on any atom is 0.155 e. The van der Waals surface area contributed by atoms with Crippen LogP contribution in [0.1, 0.15) is 44.7 Å². The fraction of sp³-hybridized carbons (Fsp3) is 0.471. The van der Waals surface area contributed by atoms with Crippen LogP contribution in [-0.2, 0) is 11.2 Å². The Kier molecular flexibility index (Phi) is 5.94. The standard InChI is InChI=1S/C17H23FO/c1-5-12(3)15(11-16(19)6-2)10-14-7-8-17(18)13(4)9-14/h7-9,11-12H,5-6,10H2,1-4H3/b15-11-. The first-order valence-electron chi connectivity index (χ1n) is 6.96. The third kappa shape index (κ3) is 4.62. The molecule has 0 aliphatic heterocycles. The first-order chi connectivity index (χ1) is 8.97. The summed E-state index contributed by atoms with van der Waals surface area (Å²) in [6, 6.07) is 5.16. The van der Waals surface area contributed by atoms with Crippen LogP contribution in [0.3, 0.4) is 0 Å². The topological polar surface area (TPSA) is 17.1 Å². The smallest absolute Gasteiger partial charge is 0.155 e. The Labute approximate surface area is 115 Å². The summed E-state index contributed by atoms with van der Waals surface area (Å²) in [5.74, 6) is 0.359. The molecule has 1 nitrogen and oxygen atoms in total. The quantitative estimate of drug-likeness (QED) is 0.683. The van der Waals surface area contributed by atoms with Crippen LogP contribution in [0.15, 0.2) is 29.8 Å². The van der Waals surface area contributed by atoms with Crippen molar-refractivity contribution in [2.24, 2.45) is 5.92 Å². The van der Waals surface area contributed by atoms with Gasteiger partial charge < -0.3 is 0 Å². The minimum atomic E-state index is -0.178. The van der Waals surface area contributed by atoms with E-state index in [-0.39, 0.29) is 11.6 Å². The van der Waals surface area contributed by atoms with Crippen molar-refractivity contribution >= 4 is 5.78 Å². The highest BCUT2D eigenvalue weighted by Crippen LogP contribution is 2.21. The number of carbonyl (C=O) groups is 1. The first-order valence-corrected chi connectivity index (χ1v) is 6.96. The molecule has 0 aliphatic carbocycles. The van der Waals surface area contributed by atoms with Crippen molar-refractivity contribution in [1.82, 2.24) is 0 Å². The van der Waals surface area contributed by atoms with E-state index in [9.17, 15) is 9.18 Å². The number of hydrogen-bond donors (Lipinski definition) is 0. The van der Waals surface area contributed by atoms with Gasteiger partial charge in [0.05, 0.1) is 0 Å². The highest BCUT2D eigenvalue weighted by molar-refractivity contribution is 5.90. The Morgan fingerprint density at radius 1 is 1.37 bits per heavy atom. The summed E-state index contributed by atoms with van der Waals surface area (Å²) in [7, 11) is 0. The molecule has 1 aromatic carbocycles. The van der Waals surface area contributed by atoms with Crippen molar-refractivity contribution in [2.45, 2.75) is 47.0 Å². The molecule has 1 aromatic rings. The number of carbonyl (C=O) groups excluding carboxylic acids is 1. The zero-order chi connectivity index (χ0) is 14.4. The molecule has 1 atom stereocenters. The maximum absolute atomic E-state index is 13.3. The zero-order valence-electron chi connectivity index (χ0n) is 12.3. The van der Waals surface area contributed by atoms with Gasteiger partial charge in [0.2, 0.25) is 0 Å². The summed E-state index contributed by atoms with van der Waals surface area (Å²) in [5, 5.41) is 0. The van der Waals surface area contributed by atoms with Crippen LogP contribution < -0.4 is 0 Å². The van der Waals surface area contributed by atoms with Gasteiger partial charge in [-0.05, 0) is 49.0 Å². The van der Waals surface area contributed by atoms with E-state index in [1.807, 2.05) is 13.0 Å². The van der Waals surface area contributed by atoms with E-state index in [1.165, 1.54) is 6.07 Å². The van der Waals surface area contributed by atoms with E-state index < -0.39 is 0 Å². The number of ketones is 1. The van der Waals surface area contributed by atoms with Crippen molar-refractivity contribution < 1.29 is 9.18 Å². The Balaban J connectivity index is 2.97. The second-order valence-corrected chi connectivity index (χ2v) is 5.11. The average molecular weight is 262 g/mol. The van der Waals surface area contributed by atoms with E-state index in [0.29, 0.717) is 17.9 Å². The third-order valence-electron chi connectivity index (χ3n) is 3.57. The molecule has 104 valence electrons. The summed E-state index contributed by atoms with van der Waals surface area (Å²) >= 11 is 0. The average Bonchev–Trinajstić information content (AvgIpc) is 2.41. The highest BCUT2D eigenvalue weighted by atomic mass is 19.1. The van der Waals surface area contributed by atoms with Gasteiger partial charge in [0.15, 0.2) is 5.78 Å². The van der Waals surface area contributed by atoms with Gasteiger partial charge in [-0.1, -0.05) is 38.5 Å². The van der Waals surface area contributed by atoms with E-state index in [1.54, 1.807) is 19.1 Å². The molecular weight excluding hydrogens is 239 g/mol. The van der Waals surface area contributed by atoms with Gasteiger partial charge in [0.25, 0.3) is 0 Å². The Morgan fingerprint density at radius 2 is 2.05 bits per heavy atom. The van der Waals surface area contributed by atoms with Gasteiger partial charge in [-0.25, -0.2) is 4.39 Å². The Bertz CT molecular complexity index is 474. The second-order valence-electron chi connectivity index (χ2n) is 5.11. The van der Waals surface area contributed by atoms with Crippen molar-refractivity contribution in [1.29, 1.82) is 0 Å². The number of aryl methyl sites for hydroxylation is 1. The molecular formula is C17H23FO. The zero-order valence-corrected chi connectivity index (χ0v) is 12.3. The van der Waals surface area contributed by atoms with Crippen LogP contribution in [0.25, 0.3) is 0 Å². The van der Waals surface area contributed by atoms with Gasteiger partial charge in [-0.3, -0.25) is 4.79 Å². The summed E-state index contributed by atoms with van der Waals surface area (Å²) < 4.78 is 13.3. The molecule has 0 amide bonds. The molecule has 0 saturated carbocycles. The lowest BCUT2D eigenvalue weighted by Gasteiger charge is -2.15. The highest BCUT2D eigenvalue weighted by Gasteiger charge is 2.10. The van der Waals surface area contributed by atoms with Crippen molar-refractivity contribution in [2.75, 3.05) is 0 Å². The normalized spacial score (nSPS) is 13.4. The predicted octanol–water partition coefficient (Wildman–Crippen LogP) is 4.63. The van der Waals surface area contributed by atoms with Crippen molar-refractivity contribution in [3.05, 3.63) is 46.8 Å². The van der Waals surface area contributed by atoms with Gasteiger partial charge in [-0.2, -0.15) is 0 Å². The molecule has 1 unspecified atom stereocenters. The number of halogens is 1. The van der Waals surface area contributed by atoms with Crippen LogP contribution in [0.2, 0.25) is 0 Å². The van der Waals surface area contributed by atoms with Crippen LogP contribution >= 0.6 is 0 Å². The SMILES string of the molecule is CCC(=O)/C=C(/Cc1ccc(F)c(C)c1)C(C)CC. The summed E-state index contributed by atoms with van der Waals surface area (Å²) in [5.41, 5.74) is 2.86. The van der Waals surface area contributed by atoms with E-state index in [4.69, 9.17) is 0 Å². The molecule has 0 N–H and O–H groups in total. The van der Waals surface area contributed by atoms with Crippen LogP contribution in [0.4, 0.5) is 4.39 Å². The number of benzene rings is 1. The minimum absolute atomic E-state index is 0.161. The number of rotatable bonds is 6. The molecule has 0 heterocycles. The largest absolute Gasteiger partial charge is 0.295 e. The summed E-state index contributed by atoms with van der Waals surface area (Å²) in [6.45, 7) is 7.88. The lowest BCUT2D eigenvalue weighted by Crippen LogP contribution is -2.05. The van der Waals surface area contributed by atoms with E-state index in [0.717, 1.165) is 24.0 Å². The lowest BCUT2D eigenvalue weighted by atomic mass is 9.91. The van der Waals surface area contributed by atoms with Crippen LogP contribution in [0, 0.1) is 18.7 Å². The van der Waals surface area contributed by atoms with Gasteiger partial charge in [0, 0.05) is 6.42 Å². The molecule has 2 heteroatoms. The molecule has 19 heavy (non-hydrogen) atoms. The van der Waals surface area contributed by atoms with Crippen molar-refractivity contribution in [3.8, 4) is 0 Å². The summed E-state index contributed by atoms with van der Waals surface area (Å²) in [6.07, 6.45) is 4.03. The van der Waals surface area contributed by atoms with E-state index in [2.05, 4.69) is 13.8 Å².